The van der Waals surface area contributed by atoms with E-state index in [0.29, 0.717) is 19.4 Å². The molecule has 0 spiro atoms. The third kappa shape index (κ3) is 4.64. The Hall–Kier alpha value is -1.10. The number of alkyl carbamates (subject to hydrolysis) is 1. The van der Waals surface area contributed by atoms with Crippen LogP contribution >= 0.6 is 0 Å². The summed E-state index contributed by atoms with van der Waals surface area (Å²) in [5.74, 6) is 0.228. The molecule has 1 rings (SSSR count). The Balaban J connectivity index is 2.52. The van der Waals surface area contributed by atoms with Gasteiger partial charge in [-0.05, 0) is 41.2 Å². The molecule has 0 saturated carbocycles. The third-order valence-electron chi connectivity index (χ3n) is 3.10. The zero-order valence-electron chi connectivity index (χ0n) is 11.9. The number of Topliss-reactive ketones (excluding diaryl/α,β-unsaturated/α-hetero) is 1. The highest BCUT2D eigenvalue weighted by molar-refractivity contribution is 5.84. The summed E-state index contributed by atoms with van der Waals surface area (Å²) in [6.45, 7) is 8.07. The highest BCUT2D eigenvalue weighted by atomic mass is 16.6. The number of likely N-dealkylation sites (N-methyl/N-ethyl adjacent to an activating group) is 1. The third-order valence-corrected chi connectivity index (χ3v) is 3.10. The second-order valence-corrected chi connectivity index (χ2v) is 5.96. The van der Waals surface area contributed by atoms with E-state index in [-0.39, 0.29) is 17.9 Å². The molecule has 0 aromatic carbocycles. The van der Waals surface area contributed by atoms with Crippen molar-refractivity contribution in [2.24, 2.45) is 0 Å². The van der Waals surface area contributed by atoms with Crippen molar-refractivity contribution in [1.29, 1.82) is 0 Å². The first-order valence-corrected chi connectivity index (χ1v) is 6.41. The highest BCUT2D eigenvalue weighted by Crippen LogP contribution is 2.13. The van der Waals surface area contributed by atoms with Gasteiger partial charge in [0.25, 0.3) is 0 Å². The number of rotatable bonds is 1. The fourth-order valence-corrected chi connectivity index (χ4v) is 1.96. The van der Waals surface area contributed by atoms with Crippen LogP contribution in [0, 0.1) is 0 Å². The van der Waals surface area contributed by atoms with Gasteiger partial charge in [-0.2, -0.15) is 0 Å². The first-order valence-electron chi connectivity index (χ1n) is 6.41. The monoisotopic (exact) mass is 256 g/mol. The zero-order chi connectivity index (χ0) is 13.9. The Morgan fingerprint density at radius 2 is 2.06 bits per heavy atom. The molecule has 2 atom stereocenters. The molecule has 1 saturated heterocycles. The molecule has 5 nitrogen and oxygen atoms in total. The Kier molecular flexibility index (Phi) is 4.73. The predicted octanol–water partition coefficient (Wildman–Crippen LogP) is 1.56. The number of hydrogen-bond acceptors (Lipinski definition) is 4. The van der Waals surface area contributed by atoms with Gasteiger partial charge in [0.15, 0.2) is 0 Å². The van der Waals surface area contributed by atoms with E-state index >= 15 is 0 Å². The van der Waals surface area contributed by atoms with Crippen LogP contribution in [0.4, 0.5) is 4.79 Å². The molecule has 18 heavy (non-hydrogen) atoms. The average molecular weight is 256 g/mol. The lowest BCUT2D eigenvalue weighted by molar-refractivity contribution is -0.122. The van der Waals surface area contributed by atoms with Gasteiger partial charge in [0, 0.05) is 19.0 Å². The van der Waals surface area contributed by atoms with E-state index in [2.05, 4.69) is 5.32 Å². The van der Waals surface area contributed by atoms with E-state index in [1.807, 2.05) is 39.6 Å². The molecule has 0 aromatic rings. The van der Waals surface area contributed by atoms with Crippen LogP contribution in [0.25, 0.3) is 0 Å². The van der Waals surface area contributed by atoms with Crippen molar-refractivity contribution >= 4 is 11.9 Å². The van der Waals surface area contributed by atoms with Crippen molar-refractivity contribution in [3.8, 4) is 0 Å². The zero-order valence-corrected chi connectivity index (χ0v) is 11.9. The van der Waals surface area contributed by atoms with Crippen LogP contribution in [0.2, 0.25) is 0 Å². The SMILES string of the molecule is C[C@H]1C(=O)CC[C@H](NC(=O)OC(C)(C)C)CN1C. The average Bonchev–Trinajstić information content (AvgIpc) is 2.30. The molecule has 1 fully saturated rings. The number of hydrogen-bond donors (Lipinski definition) is 1. The smallest absolute Gasteiger partial charge is 0.407 e. The molecule has 0 radical (unpaired) electrons. The lowest BCUT2D eigenvalue weighted by Crippen LogP contribution is -2.45. The summed E-state index contributed by atoms with van der Waals surface area (Å²) in [6, 6.07) is -0.103. The van der Waals surface area contributed by atoms with E-state index in [1.165, 1.54) is 0 Å². The number of nitrogens with one attached hydrogen (secondary N) is 1. The van der Waals surface area contributed by atoms with Crippen LogP contribution in [0.5, 0.6) is 0 Å². The maximum absolute atomic E-state index is 11.7. The molecule has 5 heteroatoms. The summed E-state index contributed by atoms with van der Waals surface area (Å²) in [7, 11) is 1.90. The van der Waals surface area contributed by atoms with Gasteiger partial charge in [0.05, 0.1) is 6.04 Å². The van der Waals surface area contributed by atoms with E-state index in [1.54, 1.807) is 0 Å². The van der Waals surface area contributed by atoms with Crippen LogP contribution < -0.4 is 5.32 Å². The maximum atomic E-state index is 11.7. The van der Waals surface area contributed by atoms with Gasteiger partial charge < -0.3 is 10.1 Å². The topological polar surface area (TPSA) is 58.6 Å². The van der Waals surface area contributed by atoms with Crippen molar-refractivity contribution in [1.82, 2.24) is 10.2 Å². The van der Waals surface area contributed by atoms with Crippen molar-refractivity contribution in [2.75, 3.05) is 13.6 Å². The molecule has 1 heterocycles. The largest absolute Gasteiger partial charge is 0.444 e. The Bertz CT molecular complexity index is 323. The summed E-state index contributed by atoms with van der Waals surface area (Å²) in [6.07, 6.45) is 0.765. The standard InChI is InChI=1S/C13H24N2O3/c1-9-11(16)7-6-10(8-15(9)5)14-12(17)18-13(2,3)4/h9-10H,6-8H2,1-5H3,(H,14,17)/t9-,10-/m0/s1. The van der Waals surface area contributed by atoms with Crippen molar-refractivity contribution in [3.63, 3.8) is 0 Å². The maximum Gasteiger partial charge on any atom is 0.407 e. The number of ether oxygens (including phenoxy) is 1. The molecule has 1 amide bonds. The minimum atomic E-state index is -0.496. The van der Waals surface area contributed by atoms with Crippen LogP contribution in [0.1, 0.15) is 40.5 Å². The predicted molar refractivity (Wildman–Crippen MR) is 69.5 cm³/mol. The van der Waals surface area contributed by atoms with E-state index < -0.39 is 11.7 Å². The minimum Gasteiger partial charge on any atom is -0.444 e. The molecule has 1 aliphatic heterocycles. The fraction of sp³-hybridized carbons (Fsp3) is 0.846. The number of likely N-dealkylation sites (tertiary alicyclic amines) is 1. The van der Waals surface area contributed by atoms with Crippen molar-refractivity contribution in [2.45, 2.75) is 58.2 Å². The lowest BCUT2D eigenvalue weighted by atomic mass is 10.1. The Morgan fingerprint density at radius 3 is 2.61 bits per heavy atom. The summed E-state index contributed by atoms with van der Waals surface area (Å²) in [5, 5.41) is 2.83. The Morgan fingerprint density at radius 1 is 1.44 bits per heavy atom. The molecule has 104 valence electrons. The van der Waals surface area contributed by atoms with Gasteiger partial charge in [0.2, 0.25) is 0 Å². The quantitative estimate of drug-likeness (QED) is 0.773. The summed E-state index contributed by atoms with van der Waals surface area (Å²) in [5.41, 5.74) is -0.496. The van der Waals surface area contributed by atoms with E-state index in [9.17, 15) is 9.59 Å². The first kappa shape index (κ1) is 15.0. The number of amides is 1. The van der Waals surface area contributed by atoms with E-state index in [4.69, 9.17) is 4.74 Å². The molecule has 0 bridgehead atoms. The Labute approximate surface area is 109 Å². The van der Waals surface area contributed by atoms with Gasteiger partial charge in [-0.1, -0.05) is 0 Å². The molecule has 1 N–H and O–H groups in total. The number of nitrogens with zero attached hydrogens (tertiary/aromatic N) is 1. The van der Waals surface area contributed by atoms with Crippen molar-refractivity contribution < 1.29 is 14.3 Å². The van der Waals surface area contributed by atoms with Crippen LogP contribution in [-0.2, 0) is 9.53 Å². The van der Waals surface area contributed by atoms with Gasteiger partial charge in [0.1, 0.15) is 11.4 Å². The summed E-state index contributed by atoms with van der Waals surface area (Å²) < 4.78 is 5.22. The van der Waals surface area contributed by atoms with Gasteiger partial charge in [-0.3, -0.25) is 9.69 Å². The van der Waals surface area contributed by atoms with Gasteiger partial charge >= 0.3 is 6.09 Å². The van der Waals surface area contributed by atoms with Gasteiger partial charge in [-0.15, -0.1) is 0 Å². The number of ketones is 1. The highest BCUT2D eigenvalue weighted by Gasteiger charge is 2.28. The van der Waals surface area contributed by atoms with Crippen molar-refractivity contribution in [3.05, 3.63) is 0 Å². The second-order valence-electron chi connectivity index (χ2n) is 5.96. The van der Waals surface area contributed by atoms with Crippen LogP contribution in [0.15, 0.2) is 0 Å². The molecule has 0 unspecified atom stereocenters. The molecular weight excluding hydrogens is 232 g/mol. The summed E-state index contributed by atoms with van der Waals surface area (Å²) in [4.78, 5) is 25.3. The molecule has 0 aliphatic carbocycles. The minimum absolute atomic E-state index is 0.0289. The molecule has 0 aromatic heterocycles. The summed E-state index contributed by atoms with van der Waals surface area (Å²) >= 11 is 0. The molecule has 1 aliphatic rings. The lowest BCUT2D eigenvalue weighted by Gasteiger charge is -2.26. The molecular formula is C13H24N2O3. The van der Waals surface area contributed by atoms with Crippen LogP contribution in [0.3, 0.4) is 0 Å². The normalized spacial score (nSPS) is 26.6. The number of carbonyl (C=O) groups excluding carboxylic acids is 2. The second kappa shape index (κ2) is 5.69. The van der Waals surface area contributed by atoms with Crippen LogP contribution in [-0.4, -0.2) is 48.1 Å². The first-order chi connectivity index (χ1) is 8.19. The fourth-order valence-electron chi connectivity index (χ4n) is 1.96. The number of carbonyl (C=O) groups is 2. The van der Waals surface area contributed by atoms with Gasteiger partial charge in [-0.25, -0.2) is 4.79 Å². The van der Waals surface area contributed by atoms with E-state index in [0.717, 1.165) is 0 Å².